The Labute approximate surface area is 108 Å². The van der Waals surface area contributed by atoms with Crippen molar-refractivity contribution in [3.63, 3.8) is 0 Å². The molecule has 1 nitrogen and oxygen atoms in total. The summed E-state index contributed by atoms with van der Waals surface area (Å²) in [5.74, 6) is 8.54. The van der Waals surface area contributed by atoms with E-state index in [1.165, 1.54) is 19.3 Å². The van der Waals surface area contributed by atoms with Crippen LogP contribution in [0.5, 0.6) is 5.75 Å². The van der Waals surface area contributed by atoms with Crippen LogP contribution in [0.1, 0.15) is 31.2 Å². The van der Waals surface area contributed by atoms with E-state index in [-0.39, 0.29) is 0 Å². The Bertz CT molecular complexity index is 412. The Morgan fingerprint density at radius 2 is 2.12 bits per heavy atom. The largest absolute Gasteiger partial charge is 0.492 e. The highest BCUT2D eigenvalue weighted by molar-refractivity contribution is 6.18. The third-order valence-electron chi connectivity index (χ3n) is 2.81. The minimum Gasteiger partial charge on any atom is -0.492 e. The van der Waals surface area contributed by atoms with E-state index in [2.05, 4.69) is 11.8 Å². The number of rotatable bonds is 5. The van der Waals surface area contributed by atoms with Crippen molar-refractivity contribution in [2.24, 2.45) is 5.92 Å². The molecular formula is C15H17ClO. The van der Waals surface area contributed by atoms with Gasteiger partial charge in [-0.1, -0.05) is 36.8 Å². The van der Waals surface area contributed by atoms with Crippen LogP contribution in [0.2, 0.25) is 0 Å². The van der Waals surface area contributed by atoms with E-state index < -0.39 is 0 Å². The second kappa shape index (κ2) is 6.57. The van der Waals surface area contributed by atoms with E-state index in [0.29, 0.717) is 5.88 Å². The Morgan fingerprint density at radius 1 is 1.29 bits per heavy atom. The predicted octanol–water partition coefficient (Wildman–Crippen LogP) is 3.85. The quantitative estimate of drug-likeness (QED) is 0.568. The lowest BCUT2D eigenvalue weighted by Crippen LogP contribution is -1.99. The number of hydrogen-bond acceptors (Lipinski definition) is 1. The van der Waals surface area contributed by atoms with Crippen molar-refractivity contribution in [1.29, 1.82) is 0 Å². The lowest BCUT2D eigenvalue weighted by Gasteiger charge is -2.07. The highest BCUT2D eigenvalue weighted by Crippen LogP contribution is 2.32. The van der Waals surface area contributed by atoms with Crippen LogP contribution in [-0.2, 0) is 0 Å². The summed E-state index contributed by atoms with van der Waals surface area (Å²) < 4.78 is 5.78. The first-order valence-corrected chi connectivity index (χ1v) is 6.70. The van der Waals surface area contributed by atoms with Crippen LogP contribution in [0.25, 0.3) is 0 Å². The molecule has 0 aromatic heterocycles. The monoisotopic (exact) mass is 248 g/mol. The molecule has 1 aromatic carbocycles. The molecule has 90 valence electrons. The van der Waals surface area contributed by atoms with Crippen LogP contribution in [0.15, 0.2) is 24.3 Å². The first kappa shape index (κ1) is 12.3. The fourth-order valence-corrected chi connectivity index (χ4v) is 1.74. The molecule has 0 atom stereocenters. The fraction of sp³-hybridized carbons (Fsp3) is 0.467. The second-order valence-corrected chi connectivity index (χ2v) is 4.70. The maximum atomic E-state index is 5.78. The smallest absolute Gasteiger partial charge is 0.134 e. The van der Waals surface area contributed by atoms with E-state index >= 15 is 0 Å². The highest BCUT2D eigenvalue weighted by atomic mass is 35.5. The first-order valence-electron chi connectivity index (χ1n) is 6.17. The topological polar surface area (TPSA) is 9.23 Å². The minimum atomic E-state index is 0.581. The fourth-order valence-electron chi connectivity index (χ4n) is 1.64. The molecule has 0 radical (unpaired) electrons. The summed E-state index contributed by atoms with van der Waals surface area (Å²) in [4.78, 5) is 0. The number of hydrogen-bond donors (Lipinski definition) is 0. The minimum absolute atomic E-state index is 0.581. The van der Waals surface area contributed by atoms with Crippen LogP contribution < -0.4 is 4.74 Å². The average molecular weight is 249 g/mol. The van der Waals surface area contributed by atoms with Gasteiger partial charge in [0, 0.05) is 12.3 Å². The van der Waals surface area contributed by atoms with Gasteiger partial charge in [0.05, 0.1) is 12.2 Å². The van der Waals surface area contributed by atoms with Crippen LogP contribution in [-0.4, -0.2) is 12.5 Å². The molecule has 2 rings (SSSR count). The molecule has 0 bridgehead atoms. The zero-order chi connectivity index (χ0) is 11.9. The van der Waals surface area contributed by atoms with E-state index in [1.807, 2.05) is 24.3 Å². The normalized spacial score (nSPS) is 13.9. The molecule has 0 N–H and O–H groups in total. The van der Waals surface area contributed by atoms with Crippen LogP contribution in [0.3, 0.4) is 0 Å². The molecule has 0 amide bonds. The van der Waals surface area contributed by atoms with E-state index in [4.69, 9.17) is 16.3 Å². The van der Waals surface area contributed by atoms with E-state index in [9.17, 15) is 0 Å². The van der Waals surface area contributed by atoms with Crippen molar-refractivity contribution in [2.75, 3.05) is 12.5 Å². The number of ether oxygens (including phenoxy) is 1. The summed E-state index contributed by atoms with van der Waals surface area (Å²) in [7, 11) is 0. The van der Waals surface area contributed by atoms with Gasteiger partial charge in [-0.25, -0.2) is 0 Å². The van der Waals surface area contributed by atoms with Gasteiger partial charge in [-0.05, 0) is 24.5 Å². The molecule has 1 saturated carbocycles. The molecule has 0 unspecified atom stereocenters. The zero-order valence-corrected chi connectivity index (χ0v) is 10.7. The van der Waals surface area contributed by atoms with Gasteiger partial charge in [-0.15, -0.1) is 11.6 Å². The summed E-state index contributed by atoms with van der Waals surface area (Å²) >= 11 is 5.60. The summed E-state index contributed by atoms with van der Waals surface area (Å²) in [6, 6.07) is 7.95. The molecule has 0 aliphatic heterocycles. The Hall–Kier alpha value is -1.13. The lowest BCUT2D eigenvalue weighted by atomic mass is 10.2. The third kappa shape index (κ3) is 4.32. The molecule has 1 aliphatic rings. The van der Waals surface area contributed by atoms with Gasteiger partial charge in [0.15, 0.2) is 0 Å². The van der Waals surface area contributed by atoms with Gasteiger partial charge in [-0.3, -0.25) is 0 Å². The van der Waals surface area contributed by atoms with Crippen LogP contribution in [0, 0.1) is 17.8 Å². The van der Waals surface area contributed by atoms with Crippen LogP contribution in [0.4, 0.5) is 0 Å². The van der Waals surface area contributed by atoms with Crippen molar-refractivity contribution in [2.45, 2.75) is 25.7 Å². The molecule has 0 saturated heterocycles. The van der Waals surface area contributed by atoms with Gasteiger partial charge < -0.3 is 4.74 Å². The van der Waals surface area contributed by atoms with Gasteiger partial charge in [0.25, 0.3) is 0 Å². The number of para-hydroxylation sites is 1. The molecule has 2 heteroatoms. The van der Waals surface area contributed by atoms with Crippen molar-refractivity contribution in [1.82, 2.24) is 0 Å². The predicted molar refractivity (Wildman–Crippen MR) is 71.5 cm³/mol. The average Bonchev–Trinajstić information content (AvgIpc) is 3.15. The van der Waals surface area contributed by atoms with Crippen molar-refractivity contribution in [3.05, 3.63) is 29.8 Å². The summed E-state index contributed by atoms with van der Waals surface area (Å²) in [6.07, 6.45) is 4.64. The van der Waals surface area contributed by atoms with E-state index in [0.717, 1.165) is 30.3 Å². The molecular weight excluding hydrogens is 232 g/mol. The number of alkyl halides is 1. The van der Waals surface area contributed by atoms with Crippen molar-refractivity contribution >= 4 is 11.6 Å². The summed E-state index contributed by atoms with van der Waals surface area (Å²) in [5, 5.41) is 0. The van der Waals surface area contributed by atoms with Gasteiger partial charge in [0.1, 0.15) is 5.75 Å². The van der Waals surface area contributed by atoms with Gasteiger partial charge >= 0.3 is 0 Å². The maximum absolute atomic E-state index is 5.78. The molecule has 0 spiro atoms. The van der Waals surface area contributed by atoms with E-state index in [1.54, 1.807) is 0 Å². The lowest BCUT2D eigenvalue weighted by molar-refractivity contribution is 0.301. The Balaban J connectivity index is 1.92. The summed E-state index contributed by atoms with van der Waals surface area (Å²) in [5.41, 5.74) is 0.966. The molecule has 1 fully saturated rings. The first-order chi connectivity index (χ1) is 8.40. The summed E-state index contributed by atoms with van der Waals surface area (Å²) in [6.45, 7) is 0.804. The second-order valence-electron chi connectivity index (χ2n) is 4.32. The standard InChI is InChI=1S/C15H17ClO/c16-11-4-3-6-14-5-1-2-7-15(14)17-12-10-13-8-9-13/h1-2,5,7,13H,4,8-12H2. The molecule has 17 heavy (non-hydrogen) atoms. The Kier molecular flexibility index (Phi) is 4.76. The SMILES string of the molecule is ClCCC#Cc1ccccc1OCCC1CC1. The Morgan fingerprint density at radius 3 is 2.88 bits per heavy atom. The highest BCUT2D eigenvalue weighted by Gasteiger charge is 2.20. The molecule has 0 heterocycles. The zero-order valence-electron chi connectivity index (χ0n) is 9.92. The molecule has 1 aliphatic carbocycles. The number of benzene rings is 1. The molecule has 1 aromatic rings. The maximum Gasteiger partial charge on any atom is 0.134 e. The van der Waals surface area contributed by atoms with Gasteiger partial charge in [-0.2, -0.15) is 0 Å². The third-order valence-corrected chi connectivity index (χ3v) is 3.00. The number of halogens is 1. The van der Waals surface area contributed by atoms with Crippen molar-refractivity contribution < 1.29 is 4.74 Å². The van der Waals surface area contributed by atoms with Gasteiger partial charge in [0.2, 0.25) is 0 Å². The van der Waals surface area contributed by atoms with Crippen molar-refractivity contribution in [3.8, 4) is 17.6 Å². The van der Waals surface area contributed by atoms with Crippen LogP contribution >= 0.6 is 11.6 Å².